The zero-order valence-corrected chi connectivity index (χ0v) is 22.7. The van der Waals surface area contributed by atoms with Gasteiger partial charge in [0.05, 0.1) is 35.9 Å². The summed E-state index contributed by atoms with van der Waals surface area (Å²) in [5, 5.41) is 21.3. The number of ether oxygens (including phenoxy) is 1. The molecule has 4 rings (SSSR count). The summed E-state index contributed by atoms with van der Waals surface area (Å²) in [6.45, 7) is 1.56. The molecular formula is C30H30ClF3N2O4. The molecule has 0 unspecified atom stereocenters. The van der Waals surface area contributed by atoms with Crippen LogP contribution in [-0.4, -0.2) is 52.8 Å². The molecular weight excluding hydrogens is 545 g/mol. The van der Waals surface area contributed by atoms with Crippen LogP contribution < -0.4 is 4.74 Å². The normalized spacial score (nSPS) is 18.6. The van der Waals surface area contributed by atoms with Gasteiger partial charge in [-0.1, -0.05) is 23.4 Å². The molecule has 10 heteroatoms. The highest BCUT2D eigenvalue weighted by Crippen LogP contribution is 2.35. The van der Waals surface area contributed by atoms with Crippen molar-refractivity contribution in [2.75, 3.05) is 26.7 Å². The predicted molar refractivity (Wildman–Crippen MR) is 146 cm³/mol. The number of aliphatic carboxylic acids is 1. The first kappa shape index (κ1) is 29.7. The highest BCUT2D eigenvalue weighted by molar-refractivity contribution is 6.31. The quantitative estimate of drug-likeness (QED) is 0.312. The second kappa shape index (κ2) is 12.9. The van der Waals surface area contributed by atoms with Gasteiger partial charge in [0, 0.05) is 30.1 Å². The van der Waals surface area contributed by atoms with Crippen molar-refractivity contribution in [1.29, 1.82) is 0 Å². The molecule has 212 valence electrons. The van der Waals surface area contributed by atoms with Crippen molar-refractivity contribution in [3.8, 4) is 17.6 Å². The minimum absolute atomic E-state index is 0.00477. The van der Waals surface area contributed by atoms with E-state index in [1.54, 1.807) is 19.4 Å². The summed E-state index contributed by atoms with van der Waals surface area (Å²) >= 11 is 6.00. The molecule has 0 amide bonds. The summed E-state index contributed by atoms with van der Waals surface area (Å²) in [5.74, 6) is 5.58. The van der Waals surface area contributed by atoms with Gasteiger partial charge in [0.1, 0.15) is 5.75 Å². The summed E-state index contributed by atoms with van der Waals surface area (Å²) in [6.07, 6.45) is -1.66. The second-order valence-electron chi connectivity index (χ2n) is 10.0. The van der Waals surface area contributed by atoms with Crippen LogP contribution in [-0.2, 0) is 11.0 Å². The van der Waals surface area contributed by atoms with Gasteiger partial charge in [-0.2, -0.15) is 13.2 Å². The average Bonchev–Trinajstić information content (AvgIpc) is 2.91. The van der Waals surface area contributed by atoms with Crippen LogP contribution in [0.5, 0.6) is 5.75 Å². The average molecular weight is 575 g/mol. The molecule has 0 radical (unpaired) electrons. The molecule has 3 atom stereocenters. The van der Waals surface area contributed by atoms with Crippen LogP contribution in [0, 0.1) is 23.7 Å². The molecule has 2 heterocycles. The van der Waals surface area contributed by atoms with E-state index in [-0.39, 0.29) is 23.3 Å². The fraction of sp³-hybridized carbons (Fsp3) is 0.400. The number of aliphatic hydroxyl groups excluding tert-OH is 1. The van der Waals surface area contributed by atoms with Crippen molar-refractivity contribution in [3.05, 3.63) is 70.4 Å². The molecule has 0 aliphatic carbocycles. The first-order valence-electron chi connectivity index (χ1n) is 13.0. The van der Waals surface area contributed by atoms with Crippen molar-refractivity contribution in [2.45, 2.75) is 38.0 Å². The predicted octanol–water partition coefficient (Wildman–Crippen LogP) is 6.19. The van der Waals surface area contributed by atoms with Crippen LogP contribution in [0.25, 0.3) is 10.9 Å². The lowest BCUT2D eigenvalue weighted by Gasteiger charge is -2.37. The Morgan fingerprint density at radius 2 is 2.02 bits per heavy atom. The van der Waals surface area contributed by atoms with Gasteiger partial charge in [-0.15, -0.1) is 0 Å². The van der Waals surface area contributed by atoms with E-state index >= 15 is 0 Å². The monoisotopic (exact) mass is 574 g/mol. The number of rotatable bonds is 8. The van der Waals surface area contributed by atoms with Gasteiger partial charge in [-0.05, 0) is 85.7 Å². The van der Waals surface area contributed by atoms with Gasteiger partial charge in [0.15, 0.2) is 0 Å². The van der Waals surface area contributed by atoms with Crippen molar-refractivity contribution in [2.24, 2.45) is 11.8 Å². The number of carboxylic acids is 1. The van der Waals surface area contributed by atoms with E-state index in [1.807, 2.05) is 23.1 Å². The maximum Gasteiger partial charge on any atom is 0.416 e. The number of carboxylic acid groups (broad SMARTS) is 1. The number of hydrogen-bond donors (Lipinski definition) is 2. The maximum absolute atomic E-state index is 12.9. The number of carbonyl (C=O) groups is 1. The number of pyridine rings is 1. The Morgan fingerprint density at radius 1 is 1.23 bits per heavy atom. The third kappa shape index (κ3) is 7.45. The highest BCUT2D eigenvalue weighted by Gasteiger charge is 2.32. The lowest BCUT2D eigenvalue weighted by Crippen LogP contribution is -2.41. The van der Waals surface area contributed by atoms with E-state index in [2.05, 4.69) is 16.8 Å². The SMILES string of the molecule is COc1ccc2nccc([C@H](O)CC[C@@H]3CCN(CC#Cc4ccc(C(F)(F)F)cc4Cl)C[C@@H]3CC(=O)O)c2c1. The largest absolute Gasteiger partial charge is 0.497 e. The zero-order valence-electron chi connectivity index (χ0n) is 21.9. The van der Waals surface area contributed by atoms with E-state index in [9.17, 15) is 28.2 Å². The van der Waals surface area contributed by atoms with E-state index in [0.717, 1.165) is 35.0 Å². The minimum Gasteiger partial charge on any atom is -0.497 e. The third-order valence-corrected chi connectivity index (χ3v) is 7.70. The van der Waals surface area contributed by atoms with Crippen molar-refractivity contribution in [1.82, 2.24) is 9.88 Å². The van der Waals surface area contributed by atoms with Crippen molar-refractivity contribution in [3.63, 3.8) is 0 Å². The molecule has 0 saturated carbocycles. The van der Waals surface area contributed by atoms with Gasteiger partial charge in [-0.25, -0.2) is 0 Å². The first-order chi connectivity index (χ1) is 19.0. The molecule has 2 aromatic carbocycles. The molecule has 0 spiro atoms. The van der Waals surface area contributed by atoms with Crippen molar-refractivity contribution >= 4 is 28.5 Å². The number of alkyl halides is 3. The highest BCUT2D eigenvalue weighted by atomic mass is 35.5. The molecule has 40 heavy (non-hydrogen) atoms. The molecule has 1 aromatic heterocycles. The second-order valence-corrected chi connectivity index (χ2v) is 10.4. The van der Waals surface area contributed by atoms with Gasteiger partial charge >= 0.3 is 12.1 Å². The molecule has 1 saturated heterocycles. The standard InChI is InChI=1S/C30H30ClF3N2O4/c1-40-23-7-8-27-25(17-23)24(10-12-35-27)28(37)9-5-19-11-14-36(18-21(19)15-29(38)39)13-2-3-20-4-6-22(16-26(20)31)30(32,33)34/h4,6-8,10,12,16-17,19,21,28,37H,5,9,11,13-15,18H2,1H3,(H,38,39)/t19-,21+,28-/m1/s1. The fourth-order valence-electron chi connectivity index (χ4n) is 5.27. The van der Waals surface area contributed by atoms with Crippen LogP contribution in [0.3, 0.4) is 0 Å². The molecule has 2 N–H and O–H groups in total. The Hall–Kier alpha value is -3.32. The van der Waals surface area contributed by atoms with Gasteiger partial charge < -0.3 is 14.9 Å². The smallest absolute Gasteiger partial charge is 0.416 e. The third-order valence-electron chi connectivity index (χ3n) is 7.39. The number of hydrogen-bond acceptors (Lipinski definition) is 5. The number of halogens is 4. The number of likely N-dealkylation sites (tertiary alicyclic amines) is 1. The van der Waals surface area contributed by atoms with Crippen LogP contribution in [0.15, 0.2) is 48.7 Å². The lowest BCUT2D eigenvalue weighted by atomic mass is 9.79. The summed E-state index contributed by atoms with van der Waals surface area (Å²) in [5.41, 5.74) is 0.993. The summed E-state index contributed by atoms with van der Waals surface area (Å²) < 4.78 is 43.9. The molecule has 1 aliphatic heterocycles. The van der Waals surface area contributed by atoms with E-state index in [4.69, 9.17) is 16.3 Å². The van der Waals surface area contributed by atoms with E-state index in [1.165, 1.54) is 6.07 Å². The topological polar surface area (TPSA) is 82.9 Å². The number of nitrogens with zero attached hydrogens (tertiary/aromatic N) is 2. The Morgan fingerprint density at radius 3 is 2.73 bits per heavy atom. The summed E-state index contributed by atoms with van der Waals surface area (Å²) in [4.78, 5) is 18.0. The van der Waals surface area contributed by atoms with Crippen molar-refractivity contribution < 1.29 is 32.9 Å². The molecule has 3 aromatic rings. The number of methoxy groups -OCH3 is 1. The first-order valence-corrected chi connectivity index (χ1v) is 13.3. The van der Waals surface area contributed by atoms with Crippen LogP contribution >= 0.6 is 11.6 Å². The van der Waals surface area contributed by atoms with Gasteiger partial charge in [0.2, 0.25) is 0 Å². The number of aliphatic hydroxyl groups is 1. The Balaban J connectivity index is 1.38. The number of benzene rings is 2. The minimum atomic E-state index is -4.48. The molecule has 1 fully saturated rings. The zero-order chi connectivity index (χ0) is 28.9. The van der Waals surface area contributed by atoms with Crippen LogP contribution in [0.4, 0.5) is 13.2 Å². The number of fused-ring (bicyclic) bond motifs is 1. The Labute approximate surface area is 235 Å². The molecule has 6 nitrogen and oxygen atoms in total. The summed E-state index contributed by atoms with van der Waals surface area (Å²) in [6, 6.07) is 10.4. The maximum atomic E-state index is 12.9. The molecule has 0 bridgehead atoms. The van der Waals surface area contributed by atoms with Crippen LogP contribution in [0.1, 0.15) is 48.5 Å². The fourth-order valence-corrected chi connectivity index (χ4v) is 5.49. The van der Waals surface area contributed by atoms with E-state index in [0.29, 0.717) is 43.8 Å². The van der Waals surface area contributed by atoms with Gasteiger partial charge in [-0.3, -0.25) is 14.7 Å². The summed E-state index contributed by atoms with van der Waals surface area (Å²) in [7, 11) is 1.58. The Kier molecular flexibility index (Phi) is 9.56. The molecule has 1 aliphatic rings. The lowest BCUT2D eigenvalue weighted by molar-refractivity contribution is -0.139. The number of aromatic nitrogens is 1. The van der Waals surface area contributed by atoms with Gasteiger partial charge in [0.25, 0.3) is 0 Å². The number of piperidine rings is 1. The van der Waals surface area contributed by atoms with E-state index < -0.39 is 23.8 Å². The van der Waals surface area contributed by atoms with Crippen LogP contribution in [0.2, 0.25) is 5.02 Å². The Bertz CT molecular complexity index is 1420.